The molecular weight excluding hydrogens is 245 g/mol. The van der Waals surface area contributed by atoms with E-state index in [1.165, 1.54) is 13.2 Å². The zero-order chi connectivity index (χ0) is 13.8. The van der Waals surface area contributed by atoms with Crippen molar-refractivity contribution in [1.82, 2.24) is 10.4 Å². The fourth-order valence-electron chi connectivity index (χ4n) is 1.93. The van der Waals surface area contributed by atoms with Gasteiger partial charge in [0.2, 0.25) is 0 Å². The summed E-state index contributed by atoms with van der Waals surface area (Å²) in [5, 5.41) is 0. The summed E-state index contributed by atoms with van der Waals surface area (Å²) < 4.78 is 18.6. The molecule has 0 aliphatic carbocycles. The van der Waals surface area contributed by atoms with Crippen molar-refractivity contribution in [3.63, 3.8) is 0 Å². The summed E-state index contributed by atoms with van der Waals surface area (Å²) in [5.74, 6) is 5.35. The summed E-state index contributed by atoms with van der Waals surface area (Å²) in [4.78, 5) is 4.26. The molecule has 0 fully saturated rings. The van der Waals surface area contributed by atoms with Crippen LogP contribution in [-0.2, 0) is 0 Å². The third-order valence-electron chi connectivity index (χ3n) is 2.91. The van der Waals surface area contributed by atoms with Crippen molar-refractivity contribution in [2.24, 2.45) is 5.84 Å². The van der Waals surface area contributed by atoms with E-state index in [2.05, 4.69) is 10.4 Å². The van der Waals surface area contributed by atoms with Crippen LogP contribution in [-0.4, -0.2) is 12.1 Å². The number of hydrogen-bond acceptors (Lipinski definition) is 4. The molecule has 5 heteroatoms. The van der Waals surface area contributed by atoms with Gasteiger partial charge in [0.25, 0.3) is 0 Å². The first kappa shape index (κ1) is 13.5. The Morgan fingerprint density at radius 2 is 2.11 bits per heavy atom. The van der Waals surface area contributed by atoms with E-state index in [0.717, 1.165) is 11.3 Å². The lowest BCUT2D eigenvalue weighted by Gasteiger charge is -2.17. The third-order valence-corrected chi connectivity index (χ3v) is 2.91. The minimum atomic E-state index is -0.423. The van der Waals surface area contributed by atoms with E-state index < -0.39 is 5.82 Å². The molecule has 1 heterocycles. The number of nitrogens with one attached hydrogen (secondary N) is 1. The van der Waals surface area contributed by atoms with E-state index in [4.69, 9.17) is 10.6 Å². The number of aromatic nitrogens is 1. The SMILES string of the molecule is COc1ccc(C(NN)c2cc(C)ccn2)cc1F. The Morgan fingerprint density at radius 1 is 1.32 bits per heavy atom. The lowest BCUT2D eigenvalue weighted by Crippen LogP contribution is -2.29. The number of nitrogens with two attached hydrogens (primary N) is 1. The first-order chi connectivity index (χ1) is 9.15. The second kappa shape index (κ2) is 5.77. The van der Waals surface area contributed by atoms with Crippen LogP contribution in [0.3, 0.4) is 0 Å². The van der Waals surface area contributed by atoms with Crippen LogP contribution in [0.5, 0.6) is 5.75 Å². The highest BCUT2D eigenvalue weighted by molar-refractivity contribution is 5.35. The van der Waals surface area contributed by atoms with E-state index in [9.17, 15) is 4.39 Å². The van der Waals surface area contributed by atoms with E-state index in [-0.39, 0.29) is 11.8 Å². The van der Waals surface area contributed by atoms with Gasteiger partial charge in [0.1, 0.15) is 0 Å². The second-order valence-electron chi connectivity index (χ2n) is 4.25. The van der Waals surface area contributed by atoms with Crippen LogP contribution in [0.1, 0.15) is 22.9 Å². The van der Waals surface area contributed by atoms with Crippen molar-refractivity contribution in [2.45, 2.75) is 13.0 Å². The molecule has 0 aliphatic rings. The van der Waals surface area contributed by atoms with E-state index >= 15 is 0 Å². The zero-order valence-electron chi connectivity index (χ0n) is 10.9. The molecule has 0 spiro atoms. The lowest BCUT2D eigenvalue weighted by molar-refractivity contribution is 0.385. The second-order valence-corrected chi connectivity index (χ2v) is 4.25. The highest BCUT2D eigenvalue weighted by atomic mass is 19.1. The van der Waals surface area contributed by atoms with Gasteiger partial charge in [-0.15, -0.1) is 0 Å². The Morgan fingerprint density at radius 3 is 2.68 bits per heavy atom. The van der Waals surface area contributed by atoms with Crippen LogP contribution in [0.15, 0.2) is 36.5 Å². The minimum Gasteiger partial charge on any atom is -0.494 e. The van der Waals surface area contributed by atoms with Crippen LogP contribution in [0.2, 0.25) is 0 Å². The highest BCUT2D eigenvalue weighted by Gasteiger charge is 2.16. The van der Waals surface area contributed by atoms with Crippen molar-refractivity contribution in [3.8, 4) is 5.75 Å². The summed E-state index contributed by atoms with van der Waals surface area (Å²) in [6, 6.07) is 8.17. The van der Waals surface area contributed by atoms with Gasteiger partial charge >= 0.3 is 0 Å². The first-order valence-electron chi connectivity index (χ1n) is 5.88. The Balaban J connectivity index is 2.39. The largest absolute Gasteiger partial charge is 0.494 e. The number of rotatable bonds is 4. The van der Waals surface area contributed by atoms with Crippen molar-refractivity contribution in [3.05, 3.63) is 59.2 Å². The Hall–Kier alpha value is -1.98. The molecule has 0 bridgehead atoms. The molecule has 0 amide bonds. The molecule has 0 saturated heterocycles. The lowest BCUT2D eigenvalue weighted by atomic mass is 10.0. The fraction of sp³-hybridized carbons (Fsp3) is 0.214. The summed E-state index contributed by atoms with van der Waals surface area (Å²) in [6.07, 6.45) is 1.70. The van der Waals surface area contributed by atoms with Crippen LogP contribution in [0.25, 0.3) is 0 Å². The number of pyridine rings is 1. The van der Waals surface area contributed by atoms with E-state index in [1.54, 1.807) is 18.3 Å². The van der Waals surface area contributed by atoms with Gasteiger partial charge in [0, 0.05) is 6.20 Å². The number of hydrazine groups is 1. The van der Waals surface area contributed by atoms with Crippen LogP contribution in [0, 0.1) is 12.7 Å². The molecule has 0 radical (unpaired) electrons. The van der Waals surface area contributed by atoms with Crippen molar-refractivity contribution in [2.75, 3.05) is 7.11 Å². The number of aryl methyl sites for hydroxylation is 1. The Kier molecular flexibility index (Phi) is 4.09. The number of benzene rings is 1. The van der Waals surface area contributed by atoms with Gasteiger partial charge in [-0.25, -0.2) is 9.82 Å². The predicted octanol–water partition coefficient (Wildman–Crippen LogP) is 2.09. The molecule has 1 aromatic carbocycles. The number of nitrogens with zero attached hydrogens (tertiary/aromatic N) is 1. The maximum absolute atomic E-state index is 13.7. The number of hydrogen-bond donors (Lipinski definition) is 2. The molecule has 1 unspecified atom stereocenters. The molecular formula is C14H16FN3O. The quantitative estimate of drug-likeness (QED) is 0.653. The molecule has 2 rings (SSSR count). The highest BCUT2D eigenvalue weighted by Crippen LogP contribution is 2.25. The van der Waals surface area contributed by atoms with Gasteiger partial charge in [-0.1, -0.05) is 6.07 Å². The predicted molar refractivity (Wildman–Crippen MR) is 71.1 cm³/mol. The molecule has 0 aliphatic heterocycles. The standard InChI is InChI=1S/C14H16FN3O/c1-9-5-6-17-12(7-9)14(18-16)10-3-4-13(19-2)11(15)8-10/h3-8,14,18H,16H2,1-2H3. The summed E-state index contributed by atoms with van der Waals surface area (Å²) in [6.45, 7) is 1.97. The fourth-order valence-corrected chi connectivity index (χ4v) is 1.93. The number of halogens is 1. The monoisotopic (exact) mass is 261 g/mol. The topological polar surface area (TPSA) is 60.2 Å². The van der Waals surface area contributed by atoms with E-state index in [1.807, 2.05) is 19.1 Å². The van der Waals surface area contributed by atoms with Crippen LogP contribution < -0.4 is 16.0 Å². The van der Waals surface area contributed by atoms with Crippen LogP contribution in [0.4, 0.5) is 4.39 Å². The van der Waals surface area contributed by atoms with Crippen molar-refractivity contribution in [1.29, 1.82) is 0 Å². The molecule has 100 valence electrons. The van der Waals surface area contributed by atoms with Gasteiger partial charge in [-0.3, -0.25) is 10.8 Å². The summed E-state index contributed by atoms with van der Waals surface area (Å²) >= 11 is 0. The summed E-state index contributed by atoms with van der Waals surface area (Å²) in [7, 11) is 1.43. The maximum atomic E-state index is 13.7. The van der Waals surface area contributed by atoms with Crippen LogP contribution >= 0.6 is 0 Å². The molecule has 19 heavy (non-hydrogen) atoms. The van der Waals surface area contributed by atoms with Gasteiger partial charge in [0.05, 0.1) is 18.8 Å². The maximum Gasteiger partial charge on any atom is 0.165 e. The zero-order valence-corrected chi connectivity index (χ0v) is 10.9. The van der Waals surface area contributed by atoms with Gasteiger partial charge in [-0.05, 0) is 42.3 Å². The summed E-state index contributed by atoms with van der Waals surface area (Å²) in [5.41, 5.74) is 5.16. The molecule has 1 aromatic heterocycles. The first-order valence-corrected chi connectivity index (χ1v) is 5.88. The minimum absolute atomic E-state index is 0.205. The van der Waals surface area contributed by atoms with E-state index in [0.29, 0.717) is 5.56 Å². The molecule has 1 atom stereocenters. The molecule has 2 aromatic rings. The number of ether oxygens (including phenoxy) is 1. The van der Waals surface area contributed by atoms with Crippen molar-refractivity contribution >= 4 is 0 Å². The van der Waals surface area contributed by atoms with Gasteiger partial charge in [-0.2, -0.15) is 0 Å². The average molecular weight is 261 g/mol. The van der Waals surface area contributed by atoms with Gasteiger partial charge < -0.3 is 4.74 Å². The Bertz CT molecular complexity index is 574. The smallest absolute Gasteiger partial charge is 0.165 e. The Labute approximate surface area is 111 Å². The normalized spacial score (nSPS) is 12.2. The number of methoxy groups -OCH3 is 1. The van der Waals surface area contributed by atoms with Gasteiger partial charge in [0.15, 0.2) is 11.6 Å². The average Bonchev–Trinajstić information content (AvgIpc) is 2.40. The molecule has 3 N–H and O–H groups in total. The van der Waals surface area contributed by atoms with Crippen molar-refractivity contribution < 1.29 is 9.13 Å². The molecule has 4 nitrogen and oxygen atoms in total. The molecule has 0 saturated carbocycles. The third kappa shape index (κ3) is 2.89.